The van der Waals surface area contributed by atoms with Crippen LogP contribution in [0.2, 0.25) is 0 Å². The average molecular weight is 241 g/mol. The lowest BCUT2D eigenvalue weighted by atomic mass is 10.2. The van der Waals surface area contributed by atoms with Gasteiger partial charge >= 0.3 is 0 Å². The molecular formula is C11H15NO3S. The second-order valence-electron chi connectivity index (χ2n) is 3.59. The molecule has 16 heavy (non-hydrogen) atoms. The molecule has 0 saturated heterocycles. The van der Waals surface area contributed by atoms with Crippen LogP contribution < -0.4 is 4.72 Å². The molecule has 1 aromatic carbocycles. The maximum Gasteiger partial charge on any atom is 0.241 e. The van der Waals surface area contributed by atoms with Gasteiger partial charge in [-0.15, -0.1) is 0 Å². The van der Waals surface area contributed by atoms with Crippen molar-refractivity contribution in [3.05, 3.63) is 29.8 Å². The van der Waals surface area contributed by atoms with Crippen LogP contribution in [-0.2, 0) is 14.8 Å². The molecule has 0 heterocycles. The Bertz CT molecular complexity index is 451. The maximum atomic E-state index is 11.8. The van der Waals surface area contributed by atoms with Crippen molar-refractivity contribution in [2.24, 2.45) is 0 Å². The van der Waals surface area contributed by atoms with E-state index in [1.54, 1.807) is 19.1 Å². The monoisotopic (exact) mass is 241 g/mol. The molecule has 0 bridgehead atoms. The lowest BCUT2D eigenvalue weighted by Crippen LogP contribution is -2.35. The fraction of sp³-hybridized carbons (Fsp3) is 0.364. The Morgan fingerprint density at radius 1 is 1.31 bits per heavy atom. The van der Waals surface area contributed by atoms with Crippen LogP contribution in [0.4, 0.5) is 0 Å². The number of aldehydes is 1. The number of sulfonamides is 1. The Labute approximate surface area is 95.7 Å². The van der Waals surface area contributed by atoms with E-state index < -0.39 is 16.1 Å². The van der Waals surface area contributed by atoms with Crippen molar-refractivity contribution >= 4 is 16.3 Å². The van der Waals surface area contributed by atoms with E-state index >= 15 is 0 Å². The maximum absolute atomic E-state index is 11.8. The van der Waals surface area contributed by atoms with Gasteiger partial charge in [-0.25, -0.2) is 13.1 Å². The van der Waals surface area contributed by atoms with Gasteiger partial charge in [0.2, 0.25) is 10.0 Å². The van der Waals surface area contributed by atoms with Gasteiger partial charge < -0.3 is 4.79 Å². The first-order valence-electron chi connectivity index (χ1n) is 5.04. The smallest absolute Gasteiger partial charge is 0.241 e. The van der Waals surface area contributed by atoms with Crippen molar-refractivity contribution < 1.29 is 13.2 Å². The summed E-state index contributed by atoms with van der Waals surface area (Å²) in [5.41, 5.74) is 0.987. The Balaban J connectivity index is 2.94. The Morgan fingerprint density at radius 3 is 2.31 bits per heavy atom. The summed E-state index contributed by atoms with van der Waals surface area (Å²) < 4.78 is 25.9. The summed E-state index contributed by atoms with van der Waals surface area (Å²) in [6, 6.07) is 5.82. The molecule has 1 atom stereocenters. The molecule has 88 valence electrons. The number of carbonyl (C=O) groups excluding carboxylic acids is 1. The van der Waals surface area contributed by atoms with Gasteiger partial charge in [0, 0.05) is 0 Å². The SMILES string of the molecule is CCC(C=O)NS(=O)(=O)c1ccc(C)cc1. The largest absolute Gasteiger partial charge is 0.302 e. The molecule has 0 aliphatic carbocycles. The van der Waals surface area contributed by atoms with Crippen molar-refractivity contribution in [2.75, 3.05) is 0 Å². The summed E-state index contributed by atoms with van der Waals surface area (Å²) in [4.78, 5) is 10.8. The fourth-order valence-corrected chi connectivity index (χ4v) is 2.44. The third kappa shape index (κ3) is 3.15. The Kier molecular flexibility index (Phi) is 4.20. The third-order valence-corrected chi connectivity index (χ3v) is 3.75. The molecule has 1 rings (SSSR count). The van der Waals surface area contributed by atoms with E-state index in [2.05, 4.69) is 4.72 Å². The minimum absolute atomic E-state index is 0.179. The number of nitrogens with one attached hydrogen (secondary N) is 1. The number of hydrogen-bond acceptors (Lipinski definition) is 3. The van der Waals surface area contributed by atoms with Gasteiger partial charge in [0.1, 0.15) is 6.29 Å². The van der Waals surface area contributed by atoms with E-state index in [0.717, 1.165) is 5.56 Å². The van der Waals surface area contributed by atoms with Crippen LogP contribution >= 0.6 is 0 Å². The second kappa shape index (κ2) is 5.23. The molecule has 1 N–H and O–H groups in total. The Morgan fingerprint density at radius 2 is 1.88 bits per heavy atom. The molecule has 5 heteroatoms. The van der Waals surface area contributed by atoms with Crippen molar-refractivity contribution in [1.29, 1.82) is 0 Å². The highest BCUT2D eigenvalue weighted by atomic mass is 32.2. The minimum atomic E-state index is -3.58. The molecule has 0 radical (unpaired) electrons. The highest BCUT2D eigenvalue weighted by molar-refractivity contribution is 7.89. The predicted molar refractivity (Wildman–Crippen MR) is 61.6 cm³/mol. The molecule has 4 nitrogen and oxygen atoms in total. The van der Waals surface area contributed by atoms with E-state index in [1.165, 1.54) is 12.1 Å². The lowest BCUT2D eigenvalue weighted by molar-refractivity contribution is -0.109. The molecule has 0 aliphatic heterocycles. The predicted octanol–water partition coefficient (Wildman–Crippen LogP) is 1.25. The molecule has 1 aromatic rings. The van der Waals surface area contributed by atoms with E-state index in [4.69, 9.17) is 0 Å². The van der Waals surface area contributed by atoms with Gasteiger partial charge in [0.05, 0.1) is 10.9 Å². The summed E-state index contributed by atoms with van der Waals surface area (Å²) in [5, 5.41) is 0. The number of carbonyl (C=O) groups is 1. The molecule has 0 aromatic heterocycles. The van der Waals surface area contributed by atoms with Gasteiger partial charge in [0.25, 0.3) is 0 Å². The van der Waals surface area contributed by atoms with Crippen molar-refractivity contribution in [3.63, 3.8) is 0 Å². The van der Waals surface area contributed by atoms with Gasteiger partial charge in [-0.1, -0.05) is 24.6 Å². The van der Waals surface area contributed by atoms with Crippen molar-refractivity contribution in [2.45, 2.75) is 31.2 Å². The van der Waals surface area contributed by atoms with Gasteiger partial charge in [-0.3, -0.25) is 0 Å². The third-order valence-electron chi connectivity index (χ3n) is 2.24. The van der Waals surface area contributed by atoms with Crippen LogP contribution in [0.25, 0.3) is 0 Å². The zero-order chi connectivity index (χ0) is 12.2. The van der Waals surface area contributed by atoms with Crippen LogP contribution in [0, 0.1) is 6.92 Å². The average Bonchev–Trinajstić information content (AvgIpc) is 2.26. The minimum Gasteiger partial charge on any atom is -0.302 e. The summed E-state index contributed by atoms with van der Waals surface area (Å²) in [6.07, 6.45) is 1.04. The van der Waals surface area contributed by atoms with Crippen LogP contribution in [-0.4, -0.2) is 20.7 Å². The Hall–Kier alpha value is -1.20. The number of benzene rings is 1. The van der Waals surface area contributed by atoms with Crippen LogP contribution in [0.1, 0.15) is 18.9 Å². The summed E-state index contributed by atoms with van der Waals surface area (Å²) in [6.45, 7) is 3.63. The van der Waals surface area contributed by atoms with Crippen LogP contribution in [0.15, 0.2) is 29.2 Å². The molecule has 0 spiro atoms. The topological polar surface area (TPSA) is 63.2 Å². The molecule has 0 fully saturated rings. The second-order valence-corrected chi connectivity index (χ2v) is 5.30. The molecule has 1 unspecified atom stereocenters. The molecule has 0 amide bonds. The quantitative estimate of drug-likeness (QED) is 0.789. The molecule has 0 aliphatic rings. The van der Waals surface area contributed by atoms with Gasteiger partial charge in [-0.2, -0.15) is 0 Å². The first kappa shape index (κ1) is 12.9. The fourth-order valence-electron chi connectivity index (χ4n) is 1.19. The van der Waals surface area contributed by atoms with Crippen molar-refractivity contribution in [1.82, 2.24) is 4.72 Å². The highest BCUT2D eigenvalue weighted by Crippen LogP contribution is 2.10. The molecular weight excluding hydrogens is 226 g/mol. The lowest BCUT2D eigenvalue weighted by Gasteiger charge is -2.11. The first-order valence-corrected chi connectivity index (χ1v) is 6.52. The number of aryl methyl sites for hydroxylation is 1. The van der Waals surface area contributed by atoms with Gasteiger partial charge in [-0.05, 0) is 25.5 Å². The van der Waals surface area contributed by atoms with E-state index in [9.17, 15) is 13.2 Å². The normalized spacial score (nSPS) is 13.4. The molecule has 0 saturated carbocycles. The van der Waals surface area contributed by atoms with Crippen molar-refractivity contribution in [3.8, 4) is 0 Å². The summed E-state index contributed by atoms with van der Waals surface area (Å²) in [5.74, 6) is 0. The number of rotatable bonds is 5. The van der Waals surface area contributed by atoms with E-state index in [-0.39, 0.29) is 4.90 Å². The number of hydrogen-bond donors (Lipinski definition) is 1. The van der Waals surface area contributed by atoms with Crippen LogP contribution in [0.3, 0.4) is 0 Å². The zero-order valence-corrected chi connectivity index (χ0v) is 10.1. The zero-order valence-electron chi connectivity index (χ0n) is 9.30. The standard InChI is InChI=1S/C11H15NO3S/c1-3-10(8-13)12-16(14,15)11-6-4-9(2)5-7-11/h4-8,10,12H,3H2,1-2H3. The van der Waals surface area contributed by atoms with Gasteiger partial charge in [0.15, 0.2) is 0 Å². The summed E-state index contributed by atoms with van der Waals surface area (Å²) in [7, 11) is -3.58. The highest BCUT2D eigenvalue weighted by Gasteiger charge is 2.17. The first-order chi connectivity index (χ1) is 7.49. The van der Waals surface area contributed by atoms with E-state index in [1.807, 2.05) is 6.92 Å². The van der Waals surface area contributed by atoms with Crippen LogP contribution in [0.5, 0.6) is 0 Å². The van der Waals surface area contributed by atoms with E-state index in [0.29, 0.717) is 12.7 Å². The summed E-state index contributed by atoms with van der Waals surface area (Å²) >= 11 is 0.